The van der Waals surface area contributed by atoms with E-state index in [0.717, 1.165) is 35.2 Å². The number of carboxylic acids is 1. The second kappa shape index (κ2) is 7.75. The maximum absolute atomic E-state index is 13.3. The maximum Gasteiger partial charge on any atom is 0.303 e. The summed E-state index contributed by atoms with van der Waals surface area (Å²) in [5, 5.41) is 20.5. The standard InChI is InChI=1S/C20H19N3O5S/c24-17(25)5-2-10-22-16(11-12-6-8-13(9-7-12)23(27)28)21-19-18(20(22)26)14-3-1-4-15(14)29-19/h6-9H,1-5,10-11H2,(H,24,25). The van der Waals surface area contributed by atoms with Crippen LogP contribution in [0.15, 0.2) is 29.1 Å². The van der Waals surface area contributed by atoms with Crippen molar-refractivity contribution in [1.29, 1.82) is 0 Å². The van der Waals surface area contributed by atoms with Crippen molar-refractivity contribution in [3.05, 3.63) is 66.6 Å². The smallest absolute Gasteiger partial charge is 0.303 e. The molecule has 2 heterocycles. The minimum absolute atomic E-state index is 0.00527. The number of aliphatic carboxylic acids is 1. The van der Waals surface area contributed by atoms with Gasteiger partial charge in [-0.25, -0.2) is 4.98 Å². The molecule has 0 saturated heterocycles. The lowest BCUT2D eigenvalue weighted by Gasteiger charge is -2.12. The molecular weight excluding hydrogens is 394 g/mol. The van der Waals surface area contributed by atoms with Gasteiger partial charge in [0, 0.05) is 36.4 Å². The van der Waals surface area contributed by atoms with Crippen molar-refractivity contribution in [3.8, 4) is 0 Å². The molecule has 2 aromatic heterocycles. The van der Waals surface area contributed by atoms with Crippen LogP contribution in [0, 0.1) is 10.1 Å². The van der Waals surface area contributed by atoms with Crippen molar-refractivity contribution in [2.24, 2.45) is 0 Å². The molecule has 4 rings (SSSR count). The number of carbonyl (C=O) groups is 1. The summed E-state index contributed by atoms with van der Waals surface area (Å²) < 4.78 is 1.58. The van der Waals surface area contributed by atoms with Gasteiger partial charge < -0.3 is 5.11 Å². The lowest BCUT2D eigenvalue weighted by Crippen LogP contribution is -2.26. The molecule has 8 nitrogen and oxygen atoms in total. The number of nitro benzene ring substituents is 1. The molecule has 0 fully saturated rings. The van der Waals surface area contributed by atoms with E-state index in [2.05, 4.69) is 0 Å². The molecule has 0 bridgehead atoms. The normalized spacial score (nSPS) is 13.0. The SMILES string of the molecule is O=C(O)CCCn1c(Cc2ccc([N+](=O)[O-])cc2)nc2sc3c(c2c1=O)CCC3. The minimum Gasteiger partial charge on any atom is -0.481 e. The van der Waals surface area contributed by atoms with Crippen LogP contribution in [-0.2, 0) is 30.6 Å². The summed E-state index contributed by atoms with van der Waals surface area (Å²) in [6.45, 7) is 0.279. The number of benzene rings is 1. The highest BCUT2D eigenvalue weighted by molar-refractivity contribution is 7.18. The summed E-state index contributed by atoms with van der Waals surface area (Å²) in [4.78, 5) is 41.3. The van der Waals surface area contributed by atoms with E-state index >= 15 is 0 Å². The molecular formula is C20H19N3O5S. The Morgan fingerprint density at radius 3 is 2.72 bits per heavy atom. The molecule has 1 N–H and O–H groups in total. The topological polar surface area (TPSA) is 115 Å². The van der Waals surface area contributed by atoms with Gasteiger partial charge in [-0.3, -0.25) is 24.3 Å². The summed E-state index contributed by atoms with van der Waals surface area (Å²) in [7, 11) is 0. The third-order valence-corrected chi connectivity index (χ3v) is 6.37. The molecule has 1 aromatic carbocycles. The van der Waals surface area contributed by atoms with Crippen molar-refractivity contribution in [3.63, 3.8) is 0 Å². The Morgan fingerprint density at radius 2 is 2.03 bits per heavy atom. The molecule has 1 aliphatic rings. The van der Waals surface area contributed by atoms with E-state index in [9.17, 15) is 19.7 Å². The first kappa shape index (κ1) is 19.3. The second-order valence-electron chi connectivity index (χ2n) is 7.12. The molecule has 0 unspecified atom stereocenters. The van der Waals surface area contributed by atoms with E-state index in [1.807, 2.05) is 0 Å². The predicted octanol–water partition coefficient (Wildman–Crippen LogP) is 3.31. The minimum atomic E-state index is -0.902. The Kier molecular flexibility index (Phi) is 5.14. The number of fused-ring (bicyclic) bond motifs is 3. The van der Waals surface area contributed by atoms with Crippen LogP contribution in [0.4, 0.5) is 5.69 Å². The molecule has 0 radical (unpaired) electrons. The van der Waals surface area contributed by atoms with Crippen molar-refractivity contribution < 1.29 is 14.8 Å². The van der Waals surface area contributed by atoms with Crippen molar-refractivity contribution in [2.45, 2.75) is 45.1 Å². The van der Waals surface area contributed by atoms with E-state index < -0.39 is 10.9 Å². The van der Waals surface area contributed by atoms with E-state index in [0.29, 0.717) is 24.1 Å². The van der Waals surface area contributed by atoms with Crippen molar-refractivity contribution in [1.82, 2.24) is 9.55 Å². The lowest BCUT2D eigenvalue weighted by atomic mass is 10.1. The number of hydrogen-bond donors (Lipinski definition) is 1. The largest absolute Gasteiger partial charge is 0.481 e. The van der Waals surface area contributed by atoms with E-state index in [1.54, 1.807) is 28.0 Å². The second-order valence-corrected chi connectivity index (χ2v) is 8.20. The fourth-order valence-electron chi connectivity index (χ4n) is 3.79. The van der Waals surface area contributed by atoms with Gasteiger partial charge in [-0.1, -0.05) is 12.1 Å². The summed E-state index contributed by atoms with van der Waals surface area (Å²) in [5.41, 5.74) is 1.79. The fourth-order valence-corrected chi connectivity index (χ4v) is 5.06. The first-order valence-electron chi connectivity index (χ1n) is 9.43. The molecule has 0 saturated carbocycles. The number of thiophene rings is 1. The molecule has 1 aliphatic carbocycles. The fraction of sp³-hybridized carbons (Fsp3) is 0.350. The Labute approximate surface area is 169 Å². The summed E-state index contributed by atoms with van der Waals surface area (Å²) in [5.74, 6) is -0.345. The van der Waals surface area contributed by atoms with E-state index in [4.69, 9.17) is 10.1 Å². The number of aryl methyl sites for hydroxylation is 2. The van der Waals surface area contributed by atoms with Crippen LogP contribution in [0.25, 0.3) is 10.2 Å². The van der Waals surface area contributed by atoms with Gasteiger partial charge >= 0.3 is 5.97 Å². The van der Waals surface area contributed by atoms with Crippen molar-refractivity contribution in [2.75, 3.05) is 0 Å². The molecule has 0 atom stereocenters. The molecule has 0 aliphatic heterocycles. The highest BCUT2D eigenvalue weighted by atomic mass is 32.1. The van der Waals surface area contributed by atoms with Crippen LogP contribution in [-0.4, -0.2) is 25.6 Å². The molecule has 0 spiro atoms. The lowest BCUT2D eigenvalue weighted by molar-refractivity contribution is -0.384. The highest BCUT2D eigenvalue weighted by Gasteiger charge is 2.23. The van der Waals surface area contributed by atoms with E-state index in [-0.39, 0.29) is 24.2 Å². The van der Waals surface area contributed by atoms with Crippen LogP contribution >= 0.6 is 11.3 Å². The first-order valence-corrected chi connectivity index (χ1v) is 10.2. The molecule has 150 valence electrons. The van der Waals surface area contributed by atoms with Crippen LogP contribution in [0.1, 0.15) is 41.1 Å². The van der Waals surface area contributed by atoms with Gasteiger partial charge in [0.15, 0.2) is 0 Å². The number of non-ortho nitro benzene ring substituents is 1. The Hall–Kier alpha value is -3.07. The van der Waals surface area contributed by atoms with Crippen LogP contribution < -0.4 is 5.56 Å². The maximum atomic E-state index is 13.3. The number of nitro groups is 1. The number of hydrogen-bond acceptors (Lipinski definition) is 6. The Morgan fingerprint density at radius 1 is 1.28 bits per heavy atom. The quantitative estimate of drug-likeness (QED) is 0.469. The summed E-state index contributed by atoms with van der Waals surface area (Å²) in [6.07, 6.45) is 3.54. The van der Waals surface area contributed by atoms with Crippen LogP contribution in [0.2, 0.25) is 0 Å². The molecule has 3 aromatic rings. The van der Waals surface area contributed by atoms with Crippen molar-refractivity contribution >= 4 is 33.2 Å². The number of carboxylic acid groups (broad SMARTS) is 1. The number of nitrogens with zero attached hydrogens (tertiary/aromatic N) is 3. The Balaban J connectivity index is 1.75. The number of aromatic nitrogens is 2. The molecule has 9 heteroatoms. The Bertz CT molecular complexity index is 1160. The average molecular weight is 413 g/mol. The van der Waals surface area contributed by atoms with Gasteiger partial charge in [-0.2, -0.15) is 0 Å². The monoisotopic (exact) mass is 413 g/mol. The average Bonchev–Trinajstić information content (AvgIpc) is 3.25. The van der Waals surface area contributed by atoms with Crippen LogP contribution in [0.3, 0.4) is 0 Å². The highest BCUT2D eigenvalue weighted by Crippen LogP contribution is 2.35. The van der Waals surface area contributed by atoms with E-state index in [1.165, 1.54) is 17.0 Å². The summed E-state index contributed by atoms with van der Waals surface area (Å²) >= 11 is 1.56. The van der Waals surface area contributed by atoms with Gasteiger partial charge in [0.25, 0.3) is 11.2 Å². The van der Waals surface area contributed by atoms with Gasteiger partial charge in [0.05, 0.1) is 10.3 Å². The zero-order valence-electron chi connectivity index (χ0n) is 15.6. The third-order valence-electron chi connectivity index (χ3n) is 5.19. The van der Waals surface area contributed by atoms with Gasteiger partial charge in [-0.15, -0.1) is 11.3 Å². The third kappa shape index (κ3) is 3.77. The van der Waals surface area contributed by atoms with Gasteiger partial charge in [0.2, 0.25) is 0 Å². The zero-order valence-corrected chi connectivity index (χ0v) is 16.4. The zero-order chi connectivity index (χ0) is 20.5. The number of rotatable bonds is 7. The van der Waals surface area contributed by atoms with Gasteiger partial charge in [0.1, 0.15) is 10.7 Å². The molecule has 29 heavy (non-hydrogen) atoms. The molecule has 0 amide bonds. The van der Waals surface area contributed by atoms with Crippen LogP contribution in [0.5, 0.6) is 0 Å². The first-order chi connectivity index (χ1) is 13.9. The predicted molar refractivity (Wildman–Crippen MR) is 109 cm³/mol. The summed E-state index contributed by atoms with van der Waals surface area (Å²) in [6, 6.07) is 6.18. The van der Waals surface area contributed by atoms with Gasteiger partial charge in [-0.05, 0) is 36.8 Å².